The number of fused-ring (bicyclic) bond motifs is 1. The molecule has 1 saturated heterocycles. The average Bonchev–Trinajstić information content (AvgIpc) is 4.06. The van der Waals surface area contributed by atoms with Crippen LogP contribution < -0.4 is 4.90 Å². The predicted octanol–water partition coefficient (Wildman–Crippen LogP) is 13.0. The SMILES string of the molecule is Fc1cccc(F)c1C1N(c2c(F)cccc2F)CC2c3cc4c5c6c(cc7cc8c9c%10c%11c%12c%13c%14c%15c(c%16c3c5c(c%16%13)c3c6c7c9c%123)C21CC%15C=C(C=C%10C8)C%14%11)C4. The molecular formula is C53H23F4N. The van der Waals surface area contributed by atoms with Crippen molar-refractivity contribution >= 4 is 97.4 Å². The average molecular weight is 750 g/mol. The van der Waals surface area contributed by atoms with E-state index >= 15 is 17.6 Å². The van der Waals surface area contributed by atoms with Gasteiger partial charge in [-0.15, -0.1) is 0 Å². The molecule has 5 unspecified atom stereocenters. The first kappa shape index (κ1) is 27.4. The Balaban J connectivity index is 1.12. The molecule has 1 spiro atoms. The number of anilines is 1. The molecule has 7 aliphatic carbocycles. The van der Waals surface area contributed by atoms with Crippen molar-refractivity contribution in [3.63, 3.8) is 0 Å². The third-order valence-electron chi connectivity index (χ3n) is 17.7. The zero-order valence-corrected chi connectivity index (χ0v) is 30.4. The Kier molecular flexibility index (Phi) is 3.59. The zero-order chi connectivity index (χ0) is 37.0. The molecule has 5 heteroatoms. The lowest BCUT2D eigenvalue weighted by atomic mass is 9.60. The molecule has 268 valence electrons. The highest BCUT2D eigenvalue weighted by atomic mass is 19.1. The first-order chi connectivity index (χ1) is 28.4. The van der Waals surface area contributed by atoms with Gasteiger partial charge in [-0.1, -0.05) is 42.5 Å². The van der Waals surface area contributed by atoms with Crippen LogP contribution in [0.15, 0.2) is 72.3 Å². The van der Waals surface area contributed by atoms with Crippen molar-refractivity contribution in [2.24, 2.45) is 0 Å². The van der Waals surface area contributed by atoms with Crippen LogP contribution in [0.5, 0.6) is 0 Å². The summed E-state index contributed by atoms with van der Waals surface area (Å²) in [6.45, 7) is 0.246. The van der Waals surface area contributed by atoms with Crippen LogP contribution in [0.25, 0.3) is 91.8 Å². The van der Waals surface area contributed by atoms with E-state index in [-0.39, 0.29) is 35.5 Å². The monoisotopic (exact) mass is 749 g/mol. The minimum Gasteiger partial charge on any atom is -0.358 e. The molecule has 0 aromatic heterocycles. The van der Waals surface area contributed by atoms with Gasteiger partial charge in [-0.25, -0.2) is 17.6 Å². The molecule has 0 N–H and O–H groups in total. The van der Waals surface area contributed by atoms with E-state index in [9.17, 15) is 0 Å². The number of halogens is 4. The fourth-order valence-electron chi connectivity index (χ4n) is 16.7. The van der Waals surface area contributed by atoms with Gasteiger partial charge in [0.25, 0.3) is 0 Å². The summed E-state index contributed by atoms with van der Waals surface area (Å²) in [6, 6.07) is 14.5. The molecule has 19 rings (SSSR count). The van der Waals surface area contributed by atoms with Crippen LogP contribution in [0.1, 0.15) is 85.9 Å². The van der Waals surface area contributed by atoms with Crippen molar-refractivity contribution in [3.8, 4) is 0 Å². The smallest absolute Gasteiger partial charge is 0.149 e. The summed E-state index contributed by atoms with van der Waals surface area (Å²) in [6.07, 6.45) is 7.39. The van der Waals surface area contributed by atoms with Crippen LogP contribution in [0.4, 0.5) is 23.2 Å². The van der Waals surface area contributed by atoms with Crippen molar-refractivity contribution in [1.82, 2.24) is 0 Å². The van der Waals surface area contributed by atoms with Gasteiger partial charge < -0.3 is 4.90 Å². The lowest BCUT2D eigenvalue weighted by Crippen LogP contribution is -2.39. The first-order valence-corrected chi connectivity index (χ1v) is 20.9. The summed E-state index contributed by atoms with van der Waals surface area (Å²) >= 11 is 0. The van der Waals surface area contributed by atoms with E-state index in [2.05, 4.69) is 30.4 Å². The lowest BCUT2D eigenvalue weighted by molar-refractivity contribution is 0.329. The van der Waals surface area contributed by atoms with Crippen LogP contribution in [-0.4, -0.2) is 6.54 Å². The third-order valence-corrected chi connectivity index (χ3v) is 17.7. The van der Waals surface area contributed by atoms with Crippen LogP contribution in [0.3, 0.4) is 0 Å². The second-order valence-electron chi connectivity index (χ2n) is 19.3. The Morgan fingerprint density at radius 3 is 2.00 bits per heavy atom. The molecule has 1 nitrogen and oxygen atoms in total. The molecule has 11 aromatic rings. The van der Waals surface area contributed by atoms with Crippen molar-refractivity contribution < 1.29 is 17.6 Å². The molecule has 1 heterocycles. The standard InChI is InChI=1S/C53H23F4N/c54-25-3-1-4-26(55)37(25)52-53-14-22-12-20-10-17-7-16-8-19-9-18-11-21-13-23(24(53)15-58(52)51-27(56)5-2-6-28(51)57)36-42-32(21)31(18)39-33(19)38-29(16)30(17)40-34(20)41-35(22)50(53)49(36)48-46(41)44(40)43(38)45(39)47(42)48/h1-6,8-10,12-13,22,24,34,52H,7,11,14-15H2. The molecule has 0 saturated carbocycles. The molecule has 0 radical (unpaired) electrons. The second kappa shape index (κ2) is 7.59. The summed E-state index contributed by atoms with van der Waals surface area (Å²) < 4.78 is 66.4. The third kappa shape index (κ3) is 2.19. The van der Waals surface area contributed by atoms with E-state index in [1.54, 1.807) is 4.90 Å². The Morgan fingerprint density at radius 2 is 1.21 bits per heavy atom. The van der Waals surface area contributed by atoms with Gasteiger partial charge in [0.05, 0.1) is 6.04 Å². The van der Waals surface area contributed by atoms with Gasteiger partial charge in [0.2, 0.25) is 0 Å². The molecule has 58 heavy (non-hydrogen) atoms. The number of benzene rings is 9. The van der Waals surface area contributed by atoms with Crippen LogP contribution in [-0.2, 0) is 18.3 Å². The Hall–Kier alpha value is -6.20. The molecule has 0 bridgehead atoms. The Labute approximate surface area is 325 Å². The van der Waals surface area contributed by atoms with Gasteiger partial charge in [0, 0.05) is 35.3 Å². The molecule has 1 aliphatic heterocycles. The second-order valence-corrected chi connectivity index (χ2v) is 19.3. The van der Waals surface area contributed by atoms with Crippen LogP contribution in [0, 0.1) is 23.3 Å². The topological polar surface area (TPSA) is 3.24 Å². The fraction of sp³-hybridized carbons (Fsp3) is 0.170. The maximum absolute atomic E-state index is 16.8. The highest BCUT2D eigenvalue weighted by Crippen LogP contribution is 2.77. The number of hydrogen-bond acceptors (Lipinski definition) is 1. The van der Waals surface area contributed by atoms with E-state index < -0.39 is 34.7 Å². The van der Waals surface area contributed by atoms with Gasteiger partial charge in [-0.2, -0.15) is 0 Å². The van der Waals surface area contributed by atoms with E-state index in [4.69, 9.17) is 0 Å². The van der Waals surface area contributed by atoms with Gasteiger partial charge in [-0.05, 0) is 191 Å². The molecule has 1 fully saturated rings. The van der Waals surface area contributed by atoms with E-state index in [0.717, 1.165) is 12.8 Å². The summed E-state index contributed by atoms with van der Waals surface area (Å²) in [5, 5.41) is 22.4. The fourth-order valence-corrected chi connectivity index (χ4v) is 16.7. The van der Waals surface area contributed by atoms with Crippen molar-refractivity contribution in [2.45, 2.75) is 48.5 Å². The summed E-state index contributed by atoms with van der Waals surface area (Å²) in [4.78, 5) is 1.75. The first-order valence-electron chi connectivity index (χ1n) is 20.9. The molecule has 8 aliphatic rings. The maximum Gasteiger partial charge on any atom is 0.149 e. The lowest BCUT2D eigenvalue weighted by Gasteiger charge is -2.43. The van der Waals surface area contributed by atoms with E-state index in [0.29, 0.717) is 6.42 Å². The predicted molar refractivity (Wildman–Crippen MR) is 221 cm³/mol. The summed E-state index contributed by atoms with van der Waals surface area (Å²) in [5.74, 6) is -2.91. The summed E-state index contributed by atoms with van der Waals surface area (Å²) in [7, 11) is 0. The van der Waals surface area contributed by atoms with E-state index in [1.807, 2.05) is 0 Å². The highest BCUT2D eigenvalue weighted by molar-refractivity contribution is 6.59. The Morgan fingerprint density at radius 1 is 0.569 bits per heavy atom. The molecule has 11 aromatic carbocycles. The van der Waals surface area contributed by atoms with Gasteiger partial charge >= 0.3 is 0 Å². The molecule has 5 atom stereocenters. The molecular weight excluding hydrogens is 727 g/mol. The number of nitrogens with zero attached hydrogens (tertiary/aromatic N) is 1. The van der Waals surface area contributed by atoms with Crippen LogP contribution in [0.2, 0.25) is 0 Å². The quantitative estimate of drug-likeness (QED) is 0.126. The largest absolute Gasteiger partial charge is 0.358 e. The van der Waals surface area contributed by atoms with Gasteiger partial charge in [-0.3, -0.25) is 0 Å². The van der Waals surface area contributed by atoms with Crippen molar-refractivity contribution in [1.29, 1.82) is 0 Å². The summed E-state index contributed by atoms with van der Waals surface area (Å²) in [5.41, 5.74) is 13.9. The van der Waals surface area contributed by atoms with Crippen molar-refractivity contribution in [3.05, 3.63) is 151 Å². The van der Waals surface area contributed by atoms with E-state index in [1.165, 1.54) is 184 Å². The number of rotatable bonds is 2. The minimum atomic E-state index is -0.984. The normalized spacial score (nSPS) is 25.9. The minimum absolute atomic E-state index is 0.00325. The van der Waals surface area contributed by atoms with Crippen LogP contribution >= 0.6 is 0 Å². The van der Waals surface area contributed by atoms with Crippen molar-refractivity contribution in [2.75, 3.05) is 11.4 Å². The maximum atomic E-state index is 16.8. The van der Waals surface area contributed by atoms with Gasteiger partial charge in [0.15, 0.2) is 0 Å². The number of allylic oxidation sites excluding steroid dienone is 4. The molecule has 0 amide bonds. The zero-order valence-electron chi connectivity index (χ0n) is 30.4. The number of hydrogen-bond donors (Lipinski definition) is 0. The Bertz CT molecular complexity index is 4070. The van der Waals surface area contributed by atoms with Gasteiger partial charge in [0.1, 0.15) is 29.0 Å². The number of para-hydroxylation sites is 1. The highest BCUT2D eigenvalue weighted by Gasteiger charge is 2.66.